The molecule has 1 aromatic carbocycles. The van der Waals surface area contributed by atoms with Gasteiger partial charge in [-0.2, -0.15) is 0 Å². The van der Waals surface area contributed by atoms with E-state index in [0.717, 1.165) is 31.5 Å². The number of amides is 1. The van der Waals surface area contributed by atoms with Crippen LogP contribution in [0.4, 0.5) is 0 Å². The number of nitrogens with zero attached hydrogens (tertiary/aromatic N) is 1. The van der Waals surface area contributed by atoms with Crippen LogP contribution in [0.1, 0.15) is 18.4 Å². The van der Waals surface area contributed by atoms with E-state index in [1.807, 2.05) is 30.1 Å². The number of rotatable bonds is 3. The molecule has 0 atom stereocenters. The third-order valence-electron chi connectivity index (χ3n) is 3.50. The van der Waals surface area contributed by atoms with Crippen molar-refractivity contribution in [2.75, 3.05) is 20.1 Å². The molecule has 1 N–H and O–H groups in total. The number of hydrogen-bond donors (Lipinski definition) is 1. The molecule has 19 heavy (non-hydrogen) atoms. The van der Waals surface area contributed by atoms with Crippen molar-refractivity contribution in [3.63, 3.8) is 0 Å². The molecule has 1 aromatic rings. The van der Waals surface area contributed by atoms with E-state index < -0.39 is 0 Å². The molecule has 106 valence electrons. The van der Waals surface area contributed by atoms with E-state index in [1.54, 1.807) is 0 Å². The minimum absolute atomic E-state index is 0. The van der Waals surface area contributed by atoms with Crippen LogP contribution in [0.15, 0.2) is 24.3 Å². The zero-order valence-corrected chi connectivity index (χ0v) is 14.0. The van der Waals surface area contributed by atoms with E-state index in [9.17, 15) is 4.79 Å². The lowest BCUT2D eigenvalue weighted by atomic mass is 10.0. The molecule has 0 saturated carbocycles. The zero-order valence-electron chi connectivity index (χ0n) is 11.1. The van der Waals surface area contributed by atoms with Gasteiger partial charge in [0.15, 0.2) is 0 Å². The number of carbonyl (C=O) groups is 1. The number of carbonyl (C=O) groups excluding carboxylic acids is 1. The fourth-order valence-corrected chi connectivity index (χ4v) is 2.96. The van der Waals surface area contributed by atoms with E-state index >= 15 is 0 Å². The third-order valence-corrected chi connectivity index (χ3v) is 4.17. The molecule has 1 aliphatic heterocycles. The van der Waals surface area contributed by atoms with Crippen molar-refractivity contribution in [2.45, 2.75) is 25.3 Å². The van der Waals surface area contributed by atoms with Crippen LogP contribution in [0.3, 0.4) is 0 Å². The third kappa shape index (κ3) is 4.93. The molecule has 3 nitrogen and oxygen atoms in total. The minimum Gasteiger partial charge on any atom is -0.342 e. The first-order valence-electron chi connectivity index (χ1n) is 6.38. The number of halogens is 2. The predicted molar refractivity (Wildman–Crippen MR) is 88.8 cm³/mol. The molecule has 1 heterocycles. The normalized spacial score (nSPS) is 16.0. The Labute approximate surface area is 134 Å². The van der Waals surface area contributed by atoms with Gasteiger partial charge in [0.05, 0.1) is 6.42 Å². The molecule has 1 aliphatic rings. The molecular weight excluding hydrogens is 375 g/mol. The Kier molecular flexibility index (Phi) is 7.10. The minimum atomic E-state index is 0. The fourth-order valence-electron chi connectivity index (χ4n) is 2.35. The van der Waals surface area contributed by atoms with Crippen molar-refractivity contribution in [1.29, 1.82) is 0 Å². The van der Waals surface area contributed by atoms with Crippen molar-refractivity contribution in [3.8, 4) is 0 Å². The Hall–Kier alpha value is -0.330. The maximum atomic E-state index is 12.2. The van der Waals surface area contributed by atoms with Gasteiger partial charge in [0.2, 0.25) is 5.91 Å². The summed E-state index contributed by atoms with van der Waals surface area (Å²) in [6.07, 6.45) is 2.66. The molecule has 5 heteroatoms. The highest BCUT2D eigenvalue weighted by Crippen LogP contribution is 2.13. The van der Waals surface area contributed by atoms with Crippen LogP contribution in [0, 0.1) is 3.57 Å². The Balaban J connectivity index is 0.00000180. The highest BCUT2D eigenvalue weighted by Gasteiger charge is 2.21. The van der Waals surface area contributed by atoms with Gasteiger partial charge in [-0.15, -0.1) is 12.4 Å². The number of nitrogens with one attached hydrogen (secondary N) is 1. The van der Waals surface area contributed by atoms with Gasteiger partial charge in [-0.3, -0.25) is 4.79 Å². The van der Waals surface area contributed by atoms with Gasteiger partial charge in [-0.05, 0) is 60.2 Å². The van der Waals surface area contributed by atoms with Crippen LogP contribution >= 0.6 is 35.0 Å². The van der Waals surface area contributed by atoms with Crippen molar-refractivity contribution in [1.82, 2.24) is 10.2 Å². The smallest absolute Gasteiger partial charge is 0.226 e. The average Bonchev–Trinajstić information content (AvgIpc) is 2.39. The first-order valence-corrected chi connectivity index (χ1v) is 7.46. The fraction of sp³-hybridized carbons (Fsp3) is 0.500. The topological polar surface area (TPSA) is 32.3 Å². The Morgan fingerprint density at radius 3 is 2.68 bits per heavy atom. The second kappa shape index (κ2) is 8.07. The van der Waals surface area contributed by atoms with Gasteiger partial charge in [-0.25, -0.2) is 0 Å². The lowest BCUT2D eigenvalue weighted by Crippen LogP contribution is -2.44. The summed E-state index contributed by atoms with van der Waals surface area (Å²) in [4.78, 5) is 14.2. The van der Waals surface area contributed by atoms with Gasteiger partial charge in [0.1, 0.15) is 0 Å². The largest absolute Gasteiger partial charge is 0.342 e. The Bertz CT molecular complexity index is 420. The Morgan fingerprint density at radius 1 is 1.42 bits per heavy atom. The van der Waals surface area contributed by atoms with Crippen molar-refractivity contribution >= 4 is 40.9 Å². The monoisotopic (exact) mass is 394 g/mol. The van der Waals surface area contributed by atoms with Crippen LogP contribution in [0.2, 0.25) is 0 Å². The standard InChI is InChI=1S/C14H19IN2O.ClH/c1-16-13-5-7-17(8-6-13)14(18)10-11-3-2-4-12(15)9-11;/h2-4,9,13,16H,5-8,10H2,1H3;1H. The van der Waals surface area contributed by atoms with E-state index in [1.165, 1.54) is 3.57 Å². The van der Waals surface area contributed by atoms with Crippen molar-refractivity contribution in [2.24, 2.45) is 0 Å². The van der Waals surface area contributed by atoms with E-state index in [2.05, 4.69) is 34.0 Å². The second-order valence-electron chi connectivity index (χ2n) is 4.75. The van der Waals surface area contributed by atoms with Crippen LogP contribution < -0.4 is 5.32 Å². The first-order chi connectivity index (χ1) is 8.69. The molecule has 0 aromatic heterocycles. The van der Waals surface area contributed by atoms with Crippen LogP contribution in [0.25, 0.3) is 0 Å². The van der Waals surface area contributed by atoms with Crippen molar-refractivity contribution < 1.29 is 4.79 Å². The molecular formula is C14H20ClIN2O. The van der Waals surface area contributed by atoms with E-state index in [4.69, 9.17) is 0 Å². The maximum absolute atomic E-state index is 12.2. The van der Waals surface area contributed by atoms with E-state index in [0.29, 0.717) is 12.5 Å². The maximum Gasteiger partial charge on any atom is 0.226 e. The summed E-state index contributed by atoms with van der Waals surface area (Å²) in [6, 6.07) is 8.75. The molecule has 1 saturated heterocycles. The molecule has 0 radical (unpaired) electrons. The summed E-state index contributed by atoms with van der Waals surface area (Å²) >= 11 is 2.28. The Morgan fingerprint density at radius 2 is 2.11 bits per heavy atom. The lowest BCUT2D eigenvalue weighted by molar-refractivity contribution is -0.131. The van der Waals surface area contributed by atoms with Crippen LogP contribution in [-0.2, 0) is 11.2 Å². The molecule has 1 fully saturated rings. The number of likely N-dealkylation sites (tertiary alicyclic amines) is 1. The average molecular weight is 395 g/mol. The zero-order chi connectivity index (χ0) is 13.0. The first kappa shape index (κ1) is 16.7. The summed E-state index contributed by atoms with van der Waals surface area (Å²) in [5.74, 6) is 0.256. The number of benzene rings is 1. The molecule has 2 rings (SSSR count). The quantitative estimate of drug-likeness (QED) is 0.799. The van der Waals surface area contributed by atoms with Gasteiger partial charge in [0, 0.05) is 22.7 Å². The van der Waals surface area contributed by atoms with Gasteiger partial charge < -0.3 is 10.2 Å². The van der Waals surface area contributed by atoms with Gasteiger partial charge in [-0.1, -0.05) is 12.1 Å². The van der Waals surface area contributed by atoms with Crippen LogP contribution in [0.5, 0.6) is 0 Å². The summed E-state index contributed by atoms with van der Waals surface area (Å²) in [5.41, 5.74) is 1.11. The second-order valence-corrected chi connectivity index (χ2v) is 6.00. The highest BCUT2D eigenvalue weighted by molar-refractivity contribution is 14.1. The number of hydrogen-bond acceptors (Lipinski definition) is 2. The summed E-state index contributed by atoms with van der Waals surface area (Å²) < 4.78 is 1.19. The van der Waals surface area contributed by atoms with Gasteiger partial charge in [0.25, 0.3) is 0 Å². The summed E-state index contributed by atoms with van der Waals surface area (Å²) in [7, 11) is 1.99. The number of piperidine rings is 1. The predicted octanol–water partition coefficient (Wildman–Crippen LogP) is 2.47. The molecule has 0 unspecified atom stereocenters. The SMILES string of the molecule is CNC1CCN(C(=O)Cc2cccc(I)c2)CC1.Cl. The molecule has 0 bridgehead atoms. The molecule has 0 aliphatic carbocycles. The lowest BCUT2D eigenvalue weighted by Gasteiger charge is -2.31. The van der Waals surface area contributed by atoms with E-state index in [-0.39, 0.29) is 18.3 Å². The summed E-state index contributed by atoms with van der Waals surface area (Å²) in [5, 5.41) is 3.28. The highest BCUT2D eigenvalue weighted by atomic mass is 127. The van der Waals surface area contributed by atoms with Crippen LogP contribution in [-0.4, -0.2) is 37.0 Å². The van der Waals surface area contributed by atoms with Gasteiger partial charge >= 0.3 is 0 Å². The molecule has 0 spiro atoms. The van der Waals surface area contributed by atoms with Crippen molar-refractivity contribution in [3.05, 3.63) is 33.4 Å². The summed E-state index contributed by atoms with van der Waals surface area (Å²) in [6.45, 7) is 1.77. The molecule has 1 amide bonds.